The van der Waals surface area contributed by atoms with Crippen LogP contribution in [0.15, 0.2) is 11.2 Å². The van der Waals surface area contributed by atoms with Gasteiger partial charge in [0.15, 0.2) is 11.0 Å². The summed E-state index contributed by atoms with van der Waals surface area (Å²) >= 11 is 3.35. The summed E-state index contributed by atoms with van der Waals surface area (Å²) in [6.45, 7) is 2.27. The van der Waals surface area contributed by atoms with Crippen molar-refractivity contribution < 1.29 is 8.42 Å². The number of hydrogen-bond acceptors (Lipinski definition) is 6. The van der Waals surface area contributed by atoms with Gasteiger partial charge in [-0.25, -0.2) is 13.6 Å². The van der Waals surface area contributed by atoms with Gasteiger partial charge < -0.3 is 4.57 Å². The molecule has 0 aromatic carbocycles. The third-order valence-corrected chi connectivity index (χ3v) is 7.82. The monoisotopic (exact) mass is 400 g/mol. The number of primary sulfonamides is 1. The van der Waals surface area contributed by atoms with Crippen LogP contribution in [0.5, 0.6) is 0 Å². The van der Waals surface area contributed by atoms with E-state index in [1.54, 1.807) is 0 Å². The van der Waals surface area contributed by atoms with Crippen LogP contribution >= 0.6 is 23.1 Å². The van der Waals surface area contributed by atoms with Crippen LogP contribution in [0.25, 0.3) is 10.7 Å². The topological polar surface area (TPSA) is 90.9 Å². The number of fused-ring (bicyclic) bond motifs is 1. The van der Waals surface area contributed by atoms with Crippen molar-refractivity contribution in [2.45, 2.75) is 44.2 Å². The SMILES string of the molecule is CCC1CCc2sc(-c3nnc(SCCCS(N)(=O)=O)n3C)cc2C1. The van der Waals surface area contributed by atoms with Gasteiger partial charge in [-0.1, -0.05) is 25.1 Å². The van der Waals surface area contributed by atoms with Gasteiger partial charge in [-0.2, -0.15) is 0 Å². The zero-order valence-electron chi connectivity index (χ0n) is 14.6. The van der Waals surface area contributed by atoms with Gasteiger partial charge >= 0.3 is 0 Å². The van der Waals surface area contributed by atoms with Crippen molar-refractivity contribution in [1.29, 1.82) is 0 Å². The average molecular weight is 401 g/mol. The molecule has 0 radical (unpaired) electrons. The van der Waals surface area contributed by atoms with E-state index >= 15 is 0 Å². The Kier molecular flexibility index (Phi) is 5.87. The largest absolute Gasteiger partial charge is 0.305 e. The summed E-state index contributed by atoms with van der Waals surface area (Å²) in [4.78, 5) is 2.66. The lowest BCUT2D eigenvalue weighted by Gasteiger charge is -2.19. The summed E-state index contributed by atoms with van der Waals surface area (Å²) in [7, 11) is -1.43. The number of hydrogen-bond donors (Lipinski definition) is 1. The molecule has 0 saturated heterocycles. The summed E-state index contributed by atoms with van der Waals surface area (Å²) in [5, 5.41) is 14.5. The zero-order chi connectivity index (χ0) is 18.0. The summed E-state index contributed by atoms with van der Waals surface area (Å²) in [5.41, 5.74) is 1.48. The molecule has 0 amide bonds. The standard InChI is InChI=1S/C16H24N4O2S3/c1-3-11-5-6-13-12(9-11)10-14(24-13)15-18-19-16(20(15)2)23-7-4-8-25(17,21)22/h10-11H,3-9H2,1-2H3,(H2,17,21,22). The number of nitrogens with zero attached hydrogens (tertiary/aromatic N) is 3. The summed E-state index contributed by atoms with van der Waals surface area (Å²) < 4.78 is 23.9. The highest BCUT2D eigenvalue weighted by Gasteiger charge is 2.22. The first-order valence-corrected chi connectivity index (χ1v) is 12.0. The summed E-state index contributed by atoms with van der Waals surface area (Å²) in [6.07, 6.45) is 5.39. The lowest BCUT2D eigenvalue weighted by Crippen LogP contribution is -2.16. The molecule has 2 aromatic rings. The Bertz CT molecular complexity index is 842. The highest BCUT2D eigenvalue weighted by Crippen LogP contribution is 2.38. The third-order valence-electron chi connectivity index (χ3n) is 4.62. The van der Waals surface area contributed by atoms with Gasteiger partial charge in [0.25, 0.3) is 0 Å². The molecule has 0 bridgehead atoms. The molecule has 3 rings (SSSR count). The van der Waals surface area contributed by atoms with E-state index < -0.39 is 10.0 Å². The van der Waals surface area contributed by atoms with Crippen LogP contribution < -0.4 is 5.14 Å². The van der Waals surface area contributed by atoms with Gasteiger partial charge in [0.1, 0.15) is 0 Å². The molecule has 25 heavy (non-hydrogen) atoms. The van der Waals surface area contributed by atoms with Crippen LogP contribution in [0.4, 0.5) is 0 Å². The Hall–Kier alpha value is -0.900. The Morgan fingerprint density at radius 2 is 2.24 bits per heavy atom. The second-order valence-corrected chi connectivity index (χ2v) is 10.4. The van der Waals surface area contributed by atoms with Crippen molar-refractivity contribution in [2.24, 2.45) is 18.1 Å². The van der Waals surface area contributed by atoms with E-state index in [0.717, 1.165) is 16.9 Å². The Morgan fingerprint density at radius 3 is 2.96 bits per heavy atom. The number of aromatic nitrogens is 3. The van der Waals surface area contributed by atoms with Crippen molar-refractivity contribution in [3.8, 4) is 10.7 Å². The molecule has 1 aliphatic carbocycles. The molecule has 0 aliphatic heterocycles. The van der Waals surface area contributed by atoms with Crippen molar-refractivity contribution in [3.05, 3.63) is 16.5 Å². The molecular formula is C16H24N4O2S3. The average Bonchev–Trinajstić information content (AvgIpc) is 3.13. The van der Waals surface area contributed by atoms with Gasteiger partial charge in [-0.15, -0.1) is 21.5 Å². The number of nitrogens with two attached hydrogens (primary N) is 1. The van der Waals surface area contributed by atoms with Gasteiger partial charge in [0, 0.05) is 17.7 Å². The van der Waals surface area contributed by atoms with Crippen LogP contribution in [-0.4, -0.2) is 34.7 Å². The molecule has 6 nitrogen and oxygen atoms in total. The van der Waals surface area contributed by atoms with E-state index in [2.05, 4.69) is 23.2 Å². The van der Waals surface area contributed by atoms with E-state index in [1.165, 1.54) is 52.8 Å². The van der Waals surface area contributed by atoms with Crippen molar-refractivity contribution in [1.82, 2.24) is 14.8 Å². The minimum Gasteiger partial charge on any atom is -0.305 e. The van der Waals surface area contributed by atoms with E-state index in [9.17, 15) is 8.42 Å². The zero-order valence-corrected chi connectivity index (χ0v) is 17.0. The molecule has 1 atom stereocenters. The second kappa shape index (κ2) is 7.77. The lowest BCUT2D eigenvalue weighted by molar-refractivity contribution is 0.449. The van der Waals surface area contributed by atoms with Gasteiger partial charge in [0.2, 0.25) is 10.0 Å². The Balaban J connectivity index is 1.68. The van der Waals surface area contributed by atoms with Crippen molar-refractivity contribution in [3.63, 3.8) is 0 Å². The molecule has 9 heteroatoms. The van der Waals surface area contributed by atoms with E-state index in [4.69, 9.17) is 5.14 Å². The van der Waals surface area contributed by atoms with Crippen LogP contribution in [-0.2, 0) is 29.9 Å². The van der Waals surface area contributed by atoms with E-state index in [1.807, 2.05) is 23.0 Å². The number of rotatable bonds is 7. The molecule has 2 heterocycles. The smallest absolute Gasteiger partial charge is 0.209 e. The Labute approximate surface area is 157 Å². The Morgan fingerprint density at radius 1 is 1.44 bits per heavy atom. The highest BCUT2D eigenvalue weighted by molar-refractivity contribution is 7.99. The first kappa shape index (κ1) is 18.9. The van der Waals surface area contributed by atoms with Gasteiger partial charge in [0.05, 0.1) is 10.6 Å². The molecule has 0 spiro atoms. The maximum Gasteiger partial charge on any atom is 0.209 e. The number of aryl methyl sites for hydroxylation is 1. The molecule has 0 saturated carbocycles. The highest BCUT2D eigenvalue weighted by atomic mass is 32.2. The third kappa shape index (κ3) is 4.64. The van der Waals surface area contributed by atoms with E-state index in [-0.39, 0.29) is 5.75 Å². The predicted molar refractivity (Wildman–Crippen MR) is 103 cm³/mol. The van der Waals surface area contributed by atoms with Crippen LogP contribution in [0, 0.1) is 5.92 Å². The van der Waals surface area contributed by atoms with Gasteiger partial charge in [-0.05, 0) is 43.2 Å². The minimum absolute atomic E-state index is 0.000941. The van der Waals surface area contributed by atoms with Gasteiger partial charge in [-0.3, -0.25) is 0 Å². The number of thiophene rings is 1. The fraction of sp³-hybridized carbons (Fsp3) is 0.625. The molecule has 1 unspecified atom stereocenters. The molecule has 2 N–H and O–H groups in total. The lowest BCUT2D eigenvalue weighted by atomic mass is 9.87. The number of thioether (sulfide) groups is 1. The van der Waals surface area contributed by atoms with Crippen molar-refractivity contribution >= 4 is 33.1 Å². The molecule has 138 valence electrons. The van der Waals surface area contributed by atoms with Crippen LogP contribution in [0.1, 0.15) is 36.6 Å². The maximum atomic E-state index is 11.0. The molecular weight excluding hydrogens is 376 g/mol. The first-order chi connectivity index (χ1) is 11.9. The number of sulfonamides is 1. The van der Waals surface area contributed by atoms with Crippen LogP contribution in [0.2, 0.25) is 0 Å². The van der Waals surface area contributed by atoms with Crippen LogP contribution in [0.3, 0.4) is 0 Å². The fourth-order valence-electron chi connectivity index (χ4n) is 3.14. The second-order valence-electron chi connectivity index (χ2n) is 6.51. The predicted octanol–water partition coefficient (Wildman–Crippen LogP) is 2.83. The summed E-state index contributed by atoms with van der Waals surface area (Å²) in [6, 6.07) is 2.28. The van der Waals surface area contributed by atoms with Crippen molar-refractivity contribution in [2.75, 3.05) is 11.5 Å². The summed E-state index contributed by atoms with van der Waals surface area (Å²) in [5.74, 6) is 2.35. The molecule has 2 aromatic heterocycles. The minimum atomic E-state index is -3.39. The normalized spacial score (nSPS) is 17.6. The quantitative estimate of drug-likeness (QED) is 0.570. The fourth-order valence-corrected chi connectivity index (χ4v) is 5.94. The van der Waals surface area contributed by atoms with E-state index in [0.29, 0.717) is 12.2 Å². The first-order valence-electron chi connectivity index (χ1n) is 8.52. The maximum absolute atomic E-state index is 11.0. The molecule has 1 aliphatic rings. The molecule has 0 fully saturated rings.